The van der Waals surface area contributed by atoms with Crippen LogP contribution in [0.25, 0.3) is 22.1 Å². The summed E-state index contributed by atoms with van der Waals surface area (Å²) in [5.41, 5.74) is 4.64. The molecule has 150 valence electrons. The second-order valence-corrected chi connectivity index (χ2v) is 7.43. The van der Waals surface area contributed by atoms with Gasteiger partial charge in [-0.05, 0) is 48.2 Å². The Morgan fingerprint density at radius 3 is 2.93 bits per heavy atom. The van der Waals surface area contributed by atoms with E-state index in [1.807, 2.05) is 40.9 Å². The van der Waals surface area contributed by atoms with Crippen molar-refractivity contribution in [3.63, 3.8) is 0 Å². The summed E-state index contributed by atoms with van der Waals surface area (Å²) in [6.07, 6.45) is 9.41. The first kappa shape index (κ1) is 18.3. The van der Waals surface area contributed by atoms with Crippen molar-refractivity contribution in [2.45, 2.75) is 19.9 Å². The van der Waals surface area contributed by atoms with Gasteiger partial charge in [-0.15, -0.1) is 10.2 Å². The molecule has 1 unspecified atom stereocenters. The molecule has 1 N–H and O–H groups in total. The zero-order chi connectivity index (χ0) is 20.5. The van der Waals surface area contributed by atoms with Crippen LogP contribution in [0.4, 0.5) is 5.69 Å². The average molecular weight is 398 g/mol. The van der Waals surface area contributed by atoms with Crippen molar-refractivity contribution >= 4 is 27.8 Å². The molecule has 0 saturated heterocycles. The highest BCUT2D eigenvalue weighted by molar-refractivity contribution is 5.91. The molecule has 1 aliphatic rings. The molecule has 3 aromatic heterocycles. The Bertz CT molecular complexity index is 1290. The van der Waals surface area contributed by atoms with Crippen LogP contribution >= 0.6 is 0 Å². The van der Waals surface area contributed by atoms with Crippen molar-refractivity contribution in [2.24, 2.45) is 5.92 Å². The number of hydrogen-bond donors (Lipinski definition) is 1. The average Bonchev–Trinajstić information content (AvgIpc) is 3.20. The second kappa shape index (κ2) is 7.59. The summed E-state index contributed by atoms with van der Waals surface area (Å²) in [5.74, 6) is 2.11. The molecule has 1 atom stereocenters. The molecule has 30 heavy (non-hydrogen) atoms. The third kappa shape index (κ3) is 3.39. The summed E-state index contributed by atoms with van der Waals surface area (Å²) >= 11 is 0. The number of aromatic nitrogens is 5. The van der Waals surface area contributed by atoms with E-state index in [0.717, 1.165) is 51.5 Å². The van der Waals surface area contributed by atoms with E-state index in [4.69, 9.17) is 9.84 Å². The molecule has 1 aromatic carbocycles. The normalized spacial score (nSPS) is 16.1. The van der Waals surface area contributed by atoms with Gasteiger partial charge in [0.25, 0.3) is 0 Å². The van der Waals surface area contributed by atoms with Gasteiger partial charge in [0.15, 0.2) is 11.5 Å². The van der Waals surface area contributed by atoms with E-state index in [9.17, 15) is 0 Å². The molecule has 7 nitrogen and oxygen atoms in total. The minimum absolute atomic E-state index is 0.495. The number of nitrogens with zero attached hydrogens (tertiary/aromatic N) is 5. The monoisotopic (exact) mass is 398 g/mol. The van der Waals surface area contributed by atoms with Gasteiger partial charge in [-0.2, -0.15) is 9.61 Å². The largest absolute Gasteiger partial charge is 0.497 e. The zero-order valence-corrected chi connectivity index (χ0v) is 16.9. The molecule has 3 heterocycles. The van der Waals surface area contributed by atoms with E-state index >= 15 is 0 Å². The molecule has 0 aliphatic heterocycles. The number of fused-ring (bicyclic) bond motifs is 2. The number of nitrogens with one attached hydrogen (secondary N) is 1. The number of allylic oxidation sites excluding steroid dienone is 4. The van der Waals surface area contributed by atoms with E-state index in [1.165, 1.54) is 0 Å². The molecular formula is C23H22N6O. The molecule has 0 bridgehead atoms. The van der Waals surface area contributed by atoms with E-state index in [1.54, 1.807) is 13.3 Å². The fourth-order valence-electron chi connectivity index (χ4n) is 3.60. The predicted octanol–water partition coefficient (Wildman–Crippen LogP) is 4.27. The predicted molar refractivity (Wildman–Crippen MR) is 117 cm³/mol. The standard InChI is InChI=1S/C23H22N6O/c1-15-3-5-16(6-4-15)19-9-10-22-26-27-23(29(22)28-19)14-25-20-11-12-24-21-13-17(30-2)7-8-18(20)21/h3,5-13,15H,4,14H2,1-2H3,(H,24,25). The van der Waals surface area contributed by atoms with Gasteiger partial charge in [-0.1, -0.05) is 25.2 Å². The zero-order valence-electron chi connectivity index (χ0n) is 16.9. The fourth-order valence-corrected chi connectivity index (χ4v) is 3.60. The minimum atomic E-state index is 0.495. The summed E-state index contributed by atoms with van der Waals surface area (Å²) < 4.78 is 7.10. The highest BCUT2D eigenvalue weighted by atomic mass is 16.5. The number of pyridine rings is 1. The highest BCUT2D eigenvalue weighted by Gasteiger charge is 2.12. The fraction of sp³-hybridized carbons (Fsp3) is 0.217. The number of ether oxygens (including phenoxy) is 1. The van der Waals surface area contributed by atoms with Gasteiger partial charge in [0.1, 0.15) is 5.75 Å². The maximum absolute atomic E-state index is 5.30. The molecule has 0 saturated carbocycles. The Morgan fingerprint density at radius 2 is 2.10 bits per heavy atom. The summed E-state index contributed by atoms with van der Waals surface area (Å²) in [5, 5.41) is 17.8. The van der Waals surface area contributed by atoms with Crippen molar-refractivity contribution < 1.29 is 4.74 Å². The lowest BCUT2D eigenvalue weighted by Gasteiger charge is -2.12. The first-order valence-corrected chi connectivity index (χ1v) is 9.98. The van der Waals surface area contributed by atoms with Crippen LogP contribution in [0.2, 0.25) is 0 Å². The second-order valence-electron chi connectivity index (χ2n) is 7.43. The third-order valence-electron chi connectivity index (χ3n) is 5.32. The topological polar surface area (TPSA) is 77.2 Å². The van der Waals surface area contributed by atoms with Crippen LogP contribution in [0.3, 0.4) is 0 Å². The molecule has 7 heteroatoms. The Morgan fingerprint density at radius 1 is 1.17 bits per heavy atom. The van der Waals surface area contributed by atoms with E-state index < -0.39 is 0 Å². The molecule has 1 aliphatic carbocycles. The van der Waals surface area contributed by atoms with Crippen molar-refractivity contribution in [3.8, 4) is 5.75 Å². The van der Waals surface area contributed by atoms with Gasteiger partial charge >= 0.3 is 0 Å². The van der Waals surface area contributed by atoms with E-state index in [2.05, 4.69) is 45.6 Å². The Hall–Kier alpha value is -3.74. The first-order valence-electron chi connectivity index (χ1n) is 9.98. The van der Waals surface area contributed by atoms with Crippen LogP contribution in [0.1, 0.15) is 24.9 Å². The van der Waals surface area contributed by atoms with Gasteiger partial charge in [-0.3, -0.25) is 4.98 Å². The third-order valence-corrected chi connectivity index (χ3v) is 5.32. The summed E-state index contributed by atoms with van der Waals surface area (Å²) in [7, 11) is 1.65. The molecule has 0 amide bonds. The molecule has 0 spiro atoms. The van der Waals surface area contributed by atoms with E-state index in [-0.39, 0.29) is 0 Å². The first-order chi connectivity index (χ1) is 14.7. The lowest BCUT2D eigenvalue weighted by Crippen LogP contribution is -2.08. The van der Waals surface area contributed by atoms with Crippen molar-refractivity contribution in [3.05, 3.63) is 72.3 Å². The number of anilines is 1. The van der Waals surface area contributed by atoms with Crippen molar-refractivity contribution in [1.82, 2.24) is 24.8 Å². The smallest absolute Gasteiger partial charge is 0.178 e. The van der Waals surface area contributed by atoms with Gasteiger partial charge in [0, 0.05) is 23.3 Å². The van der Waals surface area contributed by atoms with Crippen LogP contribution in [-0.2, 0) is 6.54 Å². The Kier molecular flexibility index (Phi) is 4.63. The van der Waals surface area contributed by atoms with Gasteiger partial charge in [0.05, 0.1) is 24.9 Å². The number of hydrogen-bond acceptors (Lipinski definition) is 6. The van der Waals surface area contributed by atoms with Gasteiger partial charge in [-0.25, -0.2) is 0 Å². The van der Waals surface area contributed by atoms with Crippen LogP contribution in [0, 0.1) is 5.92 Å². The lowest BCUT2D eigenvalue weighted by molar-refractivity contribution is 0.415. The number of rotatable bonds is 5. The molecular weight excluding hydrogens is 376 g/mol. The Labute approximate surface area is 174 Å². The van der Waals surface area contributed by atoms with Crippen molar-refractivity contribution in [1.29, 1.82) is 0 Å². The SMILES string of the molecule is COc1ccc2c(NCc3nnc4ccc(C5=CCC(C)C=C5)nn34)ccnc2c1. The van der Waals surface area contributed by atoms with Crippen LogP contribution in [-0.4, -0.2) is 31.9 Å². The summed E-state index contributed by atoms with van der Waals surface area (Å²) in [6.45, 7) is 2.71. The molecule has 0 radical (unpaired) electrons. The quantitative estimate of drug-likeness (QED) is 0.541. The number of benzene rings is 1. The maximum Gasteiger partial charge on any atom is 0.178 e. The summed E-state index contributed by atoms with van der Waals surface area (Å²) in [6, 6.07) is 11.8. The lowest BCUT2D eigenvalue weighted by atomic mass is 9.97. The maximum atomic E-state index is 5.30. The minimum Gasteiger partial charge on any atom is -0.497 e. The molecule has 4 aromatic rings. The van der Waals surface area contributed by atoms with Crippen molar-refractivity contribution in [2.75, 3.05) is 12.4 Å². The Balaban J connectivity index is 1.43. The van der Waals surface area contributed by atoms with E-state index in [0.29, 0.717) is 12.5 Å². The molecule has 5 rings (SSSR count). The van der Waals surface area contributed by atoms with Crippen LogP contribution < -0.4 is 10.1 Å². The van der Waals surface area contributed by atoms with Gasteiger partial charge < -0.3 is 10.1 Å². The highest BCUT2D eigenvalue weighted by Crippen LogP contribution is 2.26. The molecule has 0 fully saturated rings. The number of methoxy groups -OCH3 is 1. The van der Waals surface area contributed by atoms with Crippen LogP contribution in [0.5, 0.6) is 5.75 Å². The summed E-state index contributed by atoms with van der Waals surface area (Å²) in [4.78, 5) is 4.44. The van der Waals surface area contributed by atoms with Gasteiger partial charge in [0.2, 0.25) is 0 Å². The van der Waals surface area contributed by atoms with Crippen LogP contribution in [0.15, 0.2) is 60.8 Å².